The summed E-state index contributed by atoms with van der Waals surface area (Å²) in [5, 5.41) is 16.7. The first-order valence-corrected chi connectivity index (χ1v) is 10.1. The molecule has 1 unspecified atom stereocenters. The minimum absolute atomic E-state index is 0.0383. The van der Waals surface area contributed by atoms with Crippen molar-refractivity contribution in [1.82, 2.24) is 30.1 Å². The van der Waals surface area contributed by atoms with Crippen molar-refractivity contribution in [2.24, 2.45) is 0 Å². The topological polar surface area (TPSA) is 72.2 Å². The molecule has 164 valence electrons. The second-order valence-corrected chi connectivity index (χ2v) is 7.80. The Kier molecular flexibility index (Phi) is 6.08. The summed E-state index contributed by atoms with van der Waals surface area (Å²) in [6.45, 7) is 3.87. The van der Waals surface area contributed by atoms with Crippen molar-refractivity contribution in [3.63, 3.8) is 0 Å². The Morgan fingerprint density at radius 3 is 2.48 bits per heavy atom. The molecule has 2 aromatic heterocycles. The second kappa shape index (κ2) is 8.93. The Labute approximate surface area is 179 Å². The van der Waals surface area contributed by atoms with Crippen LogP contribution in [0.5, 0.6) is 5.88 Å². The first kappa shape index (κ1) is 21.1. The maximum absolute atomic E-state index is 12.8. The van der Waals surface area contributed by atoms with Gasteiger partial charge in [-0.1, -0.05) is 17.3 Å². The molecule has 0 radical (unpaired) electrons. The number of anilines is 1. The number of halogens is 2. The van der Waals surface area contributed by atoms with E-state index in [0.717, 1.165) is 25.3 Å². The summed E-state index contributed by atoms with van der Waals surface area (Å²) in [7, 11) is 4.18. The molecule has 8 nitrogen and oxygen atoms in total. The SMILES string of the molecule is Cc1nnn(-c2ccc(C(F)F)cc2)c1COc1ccc(N2CCC(N(C)C)C2)nn1. The predicted molar refractivity (Wildman–Crippen MR) is 112 cm³/mol. The van der Waals surface area contributed by atoms with Gasteiger partial charge in [-0.25, -0.2) is 13.5 Å². The average molecular weight is 429 g/mol. The lowest BCUT2D eigenvalue weighted by Crippen LogP contribution is -2.31. The molecule has 0 N–H and O–H groups in total. The number of benzene rings is 1. The van der Waals surface area contributed by atoms with Crippen LogP contribution in [0.1, 0.15) is 29.8 Å². The van der Waals surface area contributed by atoms with Crippen LogP contribution in [0.15, 0.2) is 36.4 Å². The molecule has 1 aliphatic rings. The highest BCUT2D eigenvalue weighted by Gasteiger charge is 2.25. The van der Waals surface area contributed by atoms with Gasteiger partial charge in [0.15, 0.2) is 5.82 Å². The van der Waals surface area contributed by atoms with Crippen molar-refractivity contribution in [1.29, 1.82) is 0 Å². The summed E-state index contributed by atoms with van der Waals surface area (Å²) in [5.41, 5.74) is 2.00. The van der Waals surface area contributed by atoms with E-state index in [1.807, 2.05) is 13.0 Å². The molecular formula is C21H25F2N7O. The lowest BCUT2D eigenvalue weighted by Gasteiger charge is -2.20. The molecule has 1 atom stereocenters. The van der Waals surface area contributed by atoms with Crippen molar-refractivity contribution in [2.45, 2.75) is 32.4 Å². The van der Waals surface area contributed by atoms with E-state index in [9.17, 15) is 8.78 Å². The maximum Gasteiger partial charge on any atom is 0.263 e. The number of ether oxygens (including phenoxy) is 1. The highest BCUT2D eigenvalue weighted by Crippen LogP contribution is 2.23. The number of rotatable bonds is 7. The van der Waals surface area contributed by atoms with E-state index in [4.69, 9.17) is 4.74 Å². The Balaban J connectivity index is 1.42. The van der Waals surface area contributed by atoms with Crippen LogP contribution in [-0.4, -0.2) is 63.3 Å². The number of likely N-dealkylation sites (N-methyl/N-ethyl adjacent to an activating group) is 1. The third-order valence-corrected chi connectivity index (χ3v) is 5.55. The summed E-state index contributed by atoms with van der Waals surface area (Å²) in [6, 6.07) is 10.2. The molecule has 1 fully saturated rings. The lowest BCUT2D eigenvalue weighted by molar-refractivity contribution is 0.151. The highest BCUT2D eigenvalue weighted by atomic mass is 19.3. The van der Waals surface area contributed by atoms with Gasteiger partial charge in [0.2, 0.25) is 5.88 Å². The van der Waals surface area contributed by atoms with E-state index in [1.54, 1.807) is 22.9 Å². The van der Waals surface area contributed by atoms with Crippen molar-refractivity contribution in [3.8, 4) is 11.6 Å². The van der Waals surface area contributed by atoms with E-state index in [0.29, 0.717) is 29.0 Å². The summed E-state index contributed by atoms with van der Waals surface area (Å²) >= 11 is 0. The van der Waals surface area contributed by atoms with Crippen molar-refractivity contribution in [2.75, 3.05) is 32.1 Å². The molecule has 31 heavy (non-hydrogen) atoms. The van der Waals surface area contributed by atoms with Crippen LogP contribution in [0.3, 0.4) is 0 Å². The number of alkyl halides is 2. The zero-order valence-corrected chi connectivity index (χ0v) is 17.7. The number of aryl methyl sites for hydroxylation is 1. The van der Waals surface area contributed by atoms with Crippen molar-refractivity contribution >= 4 is 5.82 Å². The Morgan fingerprint density at radius 1 is 1.10 bits per heavy atom. The van der Waals surface area contributed by atoms with Crippen LogP contribution < -0.4 is 9.64 Å². The minimum atomic E-state index is -2.51. The molecule has 0 aliphatic carbocycles. The minimum Gasteiger partial charge on any atom is -0.470 e. The van der Waals surface area contributed by atoms with E-state index in [-0.39, 0.29) is 12.2 Å². The fourth-order valence-corrected chi connectivity index (χ4v) is 3.58. The zero-order valence-electron chi connectivity index (χ0n) is 17.7. The molecule has 0 saturated carbocycles. The summed E-state index contributed by atoms with van der Waals surface area (Å²) in [6.07, 6.45) is -1.41. The summed E-state index contributed by atoms with van der Waals surface area (Å²) < 4.78 is 33.0. The van der Waals surface area contributed by atoms with Gasteiger partial charge >= 0.3 is 0 Å². The molecule has 4 rings (SSSR count). The molecule has 10 heteroatoms. The molecule has 3 heterocycles. The number of hydrogen-bond acceptors (Lipinski definition) is 7. The maximum atomic E-state index is 12.8. The monoisotopic (exact) mass is 429 g/mol. The number of nitrogens with zero attached hydrogens (tertiary/aromatic N) is 7. The number of aromatic nitrogens is 5. The molecular weight excluding hydrogens is 404 g/mol. The summed E-state index contributed by atoms with van der Waals surface area (Å²) in [4.78, 5) is 4.44. The van der Waals surface area contributed by atoms with Crippen LogP contribution in [0, 0.1) is 6.92 Å². The first-order valence-electron chi connectivity index (χ1n) is 10.1. The van der Waals surface area contributed by atoms with E-state index >= 15 is 0 Å². The van der Waals surface area contributed by atoms with Gasteiger partial charge in [-0.05, 0) is 45.6 Å². The fraction of sp³-hybridized carbons (Fsp3) is 0.429. The van der Waals surface area contributed by atoms with E-state index in [2.05, 4.69) is 44.4 Å². The van der Waals surface area contributed by atoms with Gasteiger partial charge in [-0.15, -0.1) is 15.3 Å². The van der Waals surface area contributed by atoms with Gasteiger partial charge in [-0.2, -0.15) is 0 Å². The standard InChI is InChI=1S/C21H25F2N7O/c1-14-18(30(27-24-14)16-6-4-15(5-7-16)21(22)23)13-31-20-9-8-19(25-26-20)29-11-10-17(12-29)28(2)3/h4-9,17,21H,10-13H2,1-3H3. The van der Waals surface area contributed by atoms with Gasteiger partial charge in [0.1, 0.15) is 12.3 Å². The van der Waals surface area contributed by atoms with Gasteiger partial charge < -0.3 is 14.5 Å². The van der Waals surface area contributed by atoms with Crippen molar-refractivity contribution in [3.05, 3.63) is 53.3 Å². The normalized spacial score (nSPS) is 16.5. The van der Waals surface area contributed by atoms with E-state index in [1.165, 1.54) is 12.1 Å². The molecule has 0 spiro atoms. The molecule has 0 amide bonds. The predicted octanol–water partition coefficient (Wildman–Crippen LogP) is 3.02. The molecule has 1 aliphatic heterocycles. The van der Waals surface area contributed by atoms with Crippen LogP contribution in [0.25, 0.3) is 5.69 Å². The molecule has 1 saturated heterocycles. The second-order valence-electron chi connectivity index (χ2n) is 7.80. The van der Waals surface area contributed by atoms with Gasteiger partial charge in [-0.3, -0.25) is 0 Å². The van der Waals surface area contributed by atoms with Gasteiger partial charge in [0, 0.05) is 30.8 Å². The Hall–Kier alpha value is -3.14. The average Bonchev–Trinajstić information content (AvgIpc) is 3.40. The molecule has 3 aromatic rings. The third-order valence-electron chi connectivity index (χ3n) is 5.55. The fourth-order valence-electron chi connectivity index (χ4n) is 3.58. The van der Waals surface area contributed by atoms with Crippen LogP contribution in [-0.2, 0) is 6.61 Å². The van der Waals surface area contributed by atoms with E-state index < -0.39 is 6.43 Å². The zero-order chi connectivity index (χ0) is 22.0. The van der Waals surface area contributed by atoms with Crippen LogP contribution in [0.2, 0.25) is 0 Å². The Morgan fingerprint density at radius 2 is 1.87 bits per heavy atom. The van der Waals surface area contributed by atoms with Crippen LogP contribution in [0.4, 0.5) is 14.6 Å². The largest absolute Gasteiger partial charge is 0.470 e. The van der Waals surface area contributed by atoms with Crippen LogP contribution >= 0.6 is 0 Å². The smallest absolute Gasteiger partial charge is 0.263 e. The van der Waals surface area contributed by atoms with Gasteiger partial charge in [0.05, 0.1) is 11.4 Å². The third kappa shape index (κ3) is 4.63. The first-order chi connectivity index (χ1) is 14.9. The van der Waals surface area contributed by atoms with Gasteiger partial charge in [0.25, 0.3) is 6.43 Å². The summed E-state index contributed by atoms with van der Waals surface area (Å²) in [5.74, 6) is 1.23. The quantitative estimate of drug-likeness (QED) is 0.572. The van der Waals surface area contributed by atoms with Crippen molar-refractivity contribution < 1.29 is 13.5 Å². The lowest BCUT2D eigenvalue weighted by atomic mass is 10.2. The Bertz CT molecular complexity index is 1010. The number of hydrogen-bond donors (Lipinski definition) is 0. The highest BCUT2D eigenvalue weighted by molar-refractivity contribution is 5.40. The molecule has 0 bridgehead atoms. The molecule has 1 aromatic carbocycles.